The van der Waals surface area contributed by atoms with Gasteiger partial charge in [-0.1, -0.05) is 18.2 Å². The van der Waals surface area contributed by atoms with Gasteiger partial charge in [-0.3, -0.25) is 14.9 Å². The number of benzene rings is 3. The Morgan fingerprint density at radius 1 is 0.893 bits per heavy atom. The van der Waals surface area contributed by atoms with Crippen molar-refractivity contribution in [1.82, 2.24) is 5.32 Å². The van der Waals surface area contributed by atoms with E-state index in [1.807, 2.05) is 0 Å². The summed E-state index contributed by atoms with van der Waals surface area (Å²) in [7, 11) is 0. The van der Waals surface area contributed by atoms with Gasteiger partial charge in [-0.2, -0.15) is 13.2 Å². The summed E-state index contributed by atoms with van der Waals surface area (Å²) in [4.78, 5) is 24.6. The first-order valence-corrected chi connectivity index (χ1v) is 8.27. The number of ether oxygens (including phenoxy) is 2. The zero-order valence-corrected chi connectivity index (χ0v) is 14.0. The summed E-state index contributed by atoms with van der Waals surface area (Å²) in [6.45, 7) is -0.0108. The predicted molar refractivity (Wildman–Crippen MR) is 92.3 cm³/mol. The third-order valence-electron chi connectivity index (χ3n) is 4.84. The van der Waals surface area contributed by atoms with Crippen molar-refractivity contribution < 1.29 is 32.2 Å². The van der Waals surface area contributed by atoms with Gasteiger partial charge in [0.2, 0.25) is 6.79 Å². The van der Waals surface area contributed by atoms with Crippen molar-refractivity contribution >= 4 is 22.6 Å². The Morgan fingerprint density at radius 3 is 2.36 bits per heavy atom. The number of hydrogen-bond donors (Lipinski definition) is 1. The van der Waals surface area contributed by atoms with Crippen molar-refractivity contribution in [3.8, 4) is 22.6 Å². The van der Waals surface area contributed by atoms with Crippen LogP contribution < -0.4 is 14.8 Å². The third kappa shape index (κ3) is 2.27. The largest absolute Gasteiger partial charge is 0.454 e. The molecule has 5 rings (SSSR count). The van der Waals surface area contributed by atoms with E-state index in [2.05, 4.69) is 5.32 Å². The molecule has 8 heteroatoms. The molecular weight excluding hydrogens is 375 g/mol. The summed E-state index contributed by atoms with van der Waals surface area (Å²) in [5.41, 5.74) is 0.182. The Bertz CT molecular complexity index is 1180. The van der Waals surface area contributed by atoms with Crippen LogP contribution in [0.15, 0.2) is 42.5 Å². The summed E-state index contributed by atoms with van der Waals surface area (Å²) < 4.78 is 49.8. The van der Waals surface area contributed by atoms with Crippen molar-refractivity contribution in [2.45, 2.75) is 6.18 Å². The van der Waals surface area contributed by atoms with E-state index in [-0.39, 0.29) is 17.9 Å². The molecule has 0 fully saturated rings. The highest BCUT2D eigenvalue weighted by Gasteiger charge is 2.35. The molecule has 1 N–H and O–H groups in total. The molecule has 0 unspecified atom stereocenters. The monoisotopic (exact) mass is 385 g/mol. The highest BCUT2D eigenvalue weighted by atomic mass is 19.4. The van der Waals surface area contributed by atoms with Crippen molar-refractivity contribution in [2.24, 2.45) is 0 Å². The van der Waals surface area contributed by atoms with E-state index in [1.54, 1.807) is 18.2 Å². The van der Waals surface area contributed by atoms with E-state index in [9.17, 15) is 22.8 Å². The van der Waals surface area contributed by atoms with Gasteiger partial charge >= 0.3 is 6.18 Å². The maximum Gasteiger partial charge on any atom is 0.416 e. The lowest BCUT2D eigenvalue weighted by atomic mass is 9.89. The minimum absolute atomic E-state index is 0.0108. The van der Waals surface area contributed by atoms with Gasteiger partial charge in [0.1, 0.15) is 0 Å². The zero-order chi connectivity index (χ0) is 19.6. The lowest BCUT2D eigenvalue weighted by molar-refractivity contribution is -0.137. The van der Waals surface area contributed by atoms with Crippen LogP contribution in [0.4, 0.5) is 13.2 Å². The molecule has 2 aliphatic heterocycles. The Labute approximate surface area is 155 Å². The minimum atomic E-state index is -4.48. The third-order valence-corrected chi connectivity index (χ3v) is 4.84. The maximum atomic E-state index is 12.9. The number of alkyl halides is 3. The highest BCUT2D eigenvalue weighted by Crippen LogP contribution is 2.47. The first-order valence-electron chi connectivity index (χ1n) is 8.27. The lowest BCUT2D eigenvalue weighted by Gasteiger charge is -2.14. The number of amides is 2. The molecule has 0 aliphatic carbocycles. The van der Waals surface area contributed by atoms with E-state index in [4.69, 9.17) is 9.47 Å². The Hall–Kier alpha value is -3.55. The molecule has 2 aliphatic rings. The van der Waals surface area contributed by atoms with Gasteiger partial charge < -0.3 is 9.47 Å². The predicted octanol–water partition coefficient (Wildman–Crippen LogP) is 4.14. The van der Waals surface area contributed by atoms with Crippen LogP contribution in [0.2, 0.25) is 0 Å². The van der Waals surface area contributed by atoms with Crippen molar-refractivity contribution in [1.29, 1.82) is 0 Å². The first kappa shape index (κ1) is 16.6. The molecule has 0 atom stereocenters. The molecule has 3 aromatic rings. The maximum absolute atomic E-state index is 12.9. The van der Waals surface area contributed by atoms with Gasteiger partial charge in [-0.25, -0.2) is 0 Å². The van der Waals surface area contributed by atoms with E-state index < -0.39 is 23.6 Å². The van der Waals surface area contributed by atoms with Gasteiger partial charge in [0.25, 0.3) is 11.8 Å². The number of halogens is 3. The second-order valence-electron chi connectivity index (χ2n) is 6.43. The van der Waals surface area contributed by atoms with Gasteiger partial charge in [0.15, 0.2) is 11.5 Å². The average molecular weight is 385 g/mol. The smallest absolute Gasteiger partial charge is 0.416 e. The molecule has 0 radical (unpaired) electrons. The molecule has 0 bridgehead atoms. The van der Waals surface area contributed by atoms with Gasteiger partial charge in [0.05, 0.1) is 16.7 Å². The molecule has 0 aromatic heterocycles. The van der Waals surface area contributed by atoms with Crippen molar-refractivity contribution in [3.05, 3.63) is 59.2 Å². The molecule has 2 amide bonds. The molecule has 3 aromatic carbocycles. The SMILES string of the molecule is O=C1NC(=O)c2c1cc1ccc3c(c1c2-c1ccc(C(F)(F)F)cc1)OCO3. The first-order chi connectivity index (χ1) is 13.3. The van der Waals surface area contributed by atoms with Crippen LogP contribution >= 0.6 is 0 Å². The quantitative estimate of drug-likeness (QED) is 0.640. The normalized spacial score (nSPS) is 15.1. The summed E-state index contributed by atoms with van der Waals surface area (Å²) in [5.74, 6) is -0.297. The number of carbonyl (C=O) groups is 2. The molecule has 140 valence electrons. The number of imide groups is 1. The van der Waals surface area contributed by atoms with Crippen LogP contribution in [0.25, 0.3) is 21.9 Å². The highest BCUT2D eigenvalue weighted by molar-refractivity contribution is 6.28. The molecular formula is C20H10F3NO4. The number of fused-ring (bicyclic) bond motifs is 4. The summed E-state index contributed by atoms with van der Waals surface area (Å²) in [5, 5.41) is 3.37. The van der Waals surface area contributed by atoms with Crippen molar-refractivity contribution in [3.63, 3.8) is 0 Å². The fourth-order valence-electron chi connectivity index (χ4n) is 3.62. The van der Waals surface area contributed by atoms with Gasteiger partial charge in [-0.05, 0) is 35.2 Å². The zero-order valence-electron chi connectivity index (χ0n) is 14.0. The van der Waals surface area contributed by atoms with Gasteiger partial charge in [0, 0.05) is 10.9 Å². The molecule has 28 heavy (non-hydrogen) atoms. The molecule has 0 spiro atoms. The van der Waals surface area contributed by atoms with E-state index in [0.717, 1.165) is 12.1 Å². The van der Waals surface area contributed by atoms with Crippen LogP contribution in [0.5, 0.6) is 11.5 Å². The van der Waals surface area contributed by atoms with Crippen molar-refractivity contribution in [2.75, 3.05) is 6.79 Å². The van der Waals surface area contributed by atoms with E-state index in [1.165, 1.54) is 12.1 Å². The van der Waals surface area contributed by atoms with E-state index in [0.29, 0.717) is 33.4 Å². The van der Waals surface area contributed by atoms with Gasteiger partial charge in [-0.15, -0.1) is 0 Å². The average Bonchev–Trinajstić information content (AvgIpc) is 3.24. The summed E-state index contributed by atoms with van der Waals surface area (Å²) in [6, 6.07) is 9.41. The number of rotatable bonds is 1. The Kier molecular flexibility index (Phi) is 3.25. The number of nitrogens with one attached hydrogen (secondary N) is 1. The van der Waals surface area contributed by atoms with Crippen LogP contribution in [-0.4, -0.2) is 18.6 Å². The minimum Gasteiger partial charge on any atom is -0.454 e. The van der Waals surface area contributed by atoms with Crippen LogP contribution in [0.3, 0.4) is 0 Å². The molecule has 0 saturated heterocycles. The number of hydrogen-bond acceptors (Lipinski definition) is 4. The molecule has 0 saturated carbocycles. The Balaban J connectivity index is 1.86. The summed E-state index contributed by atoms with van der Waals surface area (Å²) >= 11 is 0. The Morgan fingerprint density at radius 2 is 1.64 bits per heavy atom. The summed E-state index contributed by atoms with van der Waals surface area (Å²) in [6.07, 6.45) is -4.48. The lowest BCUT2D eigenvalue weighted by Crippen LogP contribution is -2.20. The fraction of sp³-hybridized carbons (Fsp3) is 0.100. The fourth-order valence-corrected chi connectivity index (χ4v) is 3.62. The second-order valence-corrected chi connectivity index (χ2v) is 6.43. The number of carbonyl (C=O) groups excluding carboxylic acids is 2. The molecule has 2 heterocycles. The van der Waals surface area contributed by atoms with Crippen LogP contribution in [-0.2, 0) is 6.18 Å². The standard InChI is InChI=1S/C20H10F3NO4/c21-20(22,23)11-4-1-9(2-5-11)14-15-10(3-6-13-17(15)28-8-27-13)7-12-16(14)19(26)24-18(12)25/h1-7H,8H2,(H,24,25,26). The van der Waals surface area contributed by atoms with Crippen LogP contribution in [0.1, 0.15) is 26.3 Å². The topological polar surface area (TPSA) is 64.6 Å². The van der Waals surface area contributed by atoms with E-state index >= 15 is 0 Å². The second kappa shape index (κ2) is 5.48. The van der Waals surface area contributed by atoms with Crippen LogP contribution in [0, 0.1) is 0 Å². The molecule has 5 nitrogen and oxygen atoms in total.